The third-order valence-corrected chi connectivity index (χ3v) is 6.89. The molecular weight excluding hydrogens is 345 g/mol. The molecular formula is C14H19Cl2N3O2S. The van der Waals surface area contributed by atoms with Gasteiger partial charge in [-0.3, -0.25) is 4.90 Å². The summed E-state index contributed by atoms with van der Waals surface area (Å²) in [4.78, 5) is 2.47. The maximum Gasteiger partial charge on any atom is 0.244 e. The Bertz CT molecular complexity index is 647. The SMILES string of the molecule is O=S(=O)(c1cc(Cl)ccc1Cl)N1CCC(N2CCNCC2)C1. The highest BCUT2D eigenvalue weighted by atomic mass is 35.5. The molecule has 122 valence electrons. The summed E-state index contributed by atoms with van der Waals surface area (Å²) < 4.78 is 27.1. The molecule has 0 saturated carbocycles. The number of piperazine rings is 1. The van der Waals surface area contributed by atoms with Crippen molar-refractivity contribution in [1.82, 2.24) is 14.5 Å². The molecule has 1 N–H and O–H groups in total. The van der Waals surface area contributed by atoms with Crippen molar-refractivity contribution in [3.63, 3.8) is 0 Å². The minimum absolute atomic E-state index is 0.0997. The predicted molar refractivity (Wildman–Crippen MR) is 88.1 cm³/mol. The maximum atomic E-state index is 12.8. The van der Waals surface area contributed by atoms with Crippen LogP contribution >= 0.6 is 23.2 Å². The molecule has 1 aromatic carbocycles. The van der Waals surface area contributed by atoms with Crippen LogP contribution in [-0.4, -0.2) is 62.9 Å². The highest BCUT2D eigenvalue weighted by Crippen LogP contribution is 2.30. The fraction of sp³-hybridized carbons (Fsp3) is 0.571. The summed E-state index contributed by atoms with van der Waals surface area (Å²) in [6.45, 7) is 4.91. The molecule has 2 heterocycles. The van der Waals surface area contributed by atoms with Gasteiger partial charge in [0.1, 0.15) is 4.90 Å². The Hall–Kier alpha value is -0.370. The molecule has 1 unspecified atom stereocenters. The van der Waals surface area contributed by atoms with Crippen molar-refractivity contribution in [1.29, 1.82) is 0 Å². The van der Waals surface area contributed by atoms with Crippen LogP contribution in [0, 0.1) is 0 Å². The third-order valence-electron chi connectivity index (χ3n) is 4.31. The van der Waals surface area contributed by atoms with Crippen molar-refractivity contribution in [2.75, 3.05) is 39.3 Å². The molecule has 5 nitrogen and oxygen atoms in total. The first kappa shape index (κ1) is 16.5. The van der Waals surface area contributed by atoms with Crippen molar-refractivity contribution in [3.8, 4) is 0 Å². The Labute approximate surface area is 141 Å². The Kier molecular flexibility index (Phi) is 4.97. The second kappa shape index (κ2) is 6.63. The van der Waals surface area contributed by atoms with E-state index in [2.05, 4.69) is 10.2 Å². The highest BCUT2D eigenvalue weighted by molar-refractivity contribution is 7.89. The Morgan fingerprint density at radius 1 is 1.14 bits per heavy atom. The molecule has 0 bridgehead atoms. The Morgan fingerprint density at radius 2 is 1.86 bits per heavy atom. The summed E-state index contributed by atoms with van der Waals surface area (Å²) in [5.74, 6) is 0. The second-order valence-corrected chi connectivity index (χ2v) is 8.42. The highest BCUT2D eigenvalue weighted by Gasteiger charge is 2.36. The maximum absolute atomic E-state index is 12.8. The second-order valence-electron chi connectivity index (χ2n) is 5.67. The van der Waals surface area contributed by atoms with Crippen LogP contribution in [-0.2, 0) is 10.0 Å². The molecule has 0 aliphatic carbocycles. The number of nitrogens with one attached hydrogen (secondary N) is 1. The van der Waals surface area contributed by atoms with E-state index < -0.39 is 10.0 Å². The molecule has 2 aliphatic heterocycles. The van der Waals surface area contributed by atoms with E-state index in [1.165, 1.54) is 16.4 Å². The zero-order valence-corrected chi connectivity index (χ0v) is 14.5. The summed E-state index contributed by atoms with van der Waals surface area (Å²) >= 11 is 12.0. The molecule has 3 rings (SSSR count). The lowest BCUT2D eigenvalue weighted by molar-refractivity contribution is 0.179. The number of nitrogens with zero attached hydrogens (tertiary/aromatic N) is 2. The van der Waals surface area contributed by atoms with Crippen LogP contribution in [0.15, 0.2) is 23.1 Å². The van der Waals surface area contributed by atoms with Crippen molar-refractivity contribution >= 4 is 33.2 Å². The first-order chi connectivity index (χ1) is 10.5. The number of rotatable bonds is 3. The Balaban J connectivity index is 1.77. The van der Waals surface area contributed by atoms with Crippen LogP contribution < -0.4 is 5.32 Å². The topological polar surface area (TPSA) is 52.7 Å². The minimum atomic E-state index is -3.59. The van der Waals surface area contributed by atoms with Gasteiger partial charge in [0.2, 0.25) is 10.0 Å². The average Bonchev–Trinajstić information content (AvgIpc) is 3.01. The summed E-state index contributed by atoms with van der Waals surface area (Å²) in [5, 5.41) is 3.91. The molecule has 8 heteroatoms. The molecule has 0 radical (unpaired) electrons. The van der Waals surface area contributed by atoms with Gasteiger partial charge in [-0.05, 0) is 24.6 Å². The predicted octanol–water partition coefficient (Wildman–Crippen LogP) is 1.66. The lowest BCUT2D eigenvalue weighted by Gasteiger charge is -2.32. The minimum Gasteiger partial charge on any atom is -0.314 e. The Morgan fingerprint density at radius 3 is 2.59 bits per heavy atom. The van der Waals surface area contributed by atoms with Gasteiger partial charge < -0.3 is 5.32 Å². The zero-order valence-electron chi connectivity index (χ0n) is 12.1. The molecule has 1 atom stereocenters. The van der Waals surface area contributed by atoms with Crippen molar-refractivity contribution in [2.45, 2.75) is 17.4 Å². The van der Waals surface area contributed by atoms with Gasteiger partial charge in [-0.15, -0.1) is 0 Å². The molecule has 0 amide bonds. The van der Waals surface area contributed by atoms with Crippen LogP contribution in [0.3, 0.4) is 0 Å². The number of sulfonamides is 1. The van der Waals surface area contributed by atoms with Crippen LogP contribution in [0.2, 0.25) is 10.0 Å². The molecule has 1 aromatic rings. The molecule has 22 heavy (non-hydrogen) atoms. The van der Waals surface area contributed by atoms with Crippen LogP contribution in [0.5, 0.6) is 0 Å². The van der Waals surface area contributed by atoms with Crippen LogP contribution in [0.25, 0.3) is 0 Å². The van der Waals surface area contributed by atoms with E-state index >= 15 is 0 Å². The molecule has 0 spiro atoms. The van der Waals surface area contributed by atoms with Crippen LogP contribution in [0.1, 0.15) is 6.42 Å². The fourth-order valence-electron chi connectivity index (χ4n) is 3.09. The summed E-state index contributed by atoms with van der Waals surface area (Å²) in [6, 6.07) is 4.84. The van der Waals surface area contributed by atoms with Gasteiger partial charge in [0.05, 0.1) is 5.02 Å². The number of hydrogen-bond donors (Lipinski definition) is 1. The molecule has 0 aromatic heterocycles. The van der Waals surface area contributed by atoms with Crippen LogP contribution in [0.4, 0.5) is 0 Å². The van der Waals surface area contributed by atoms with E-state index in [0.717, 1.165) is 32.6 Å². The largest absolute Gasteiger partial charge is 0.314 e. The van der Waals surface area contributed by atoms with E-state index in [-0.39, 0.29) is 16.0 Å². The van der Waals surface area contributed by atoms with Crippen molar-refractivity contribution in [3.05, 3.63) is 28.2 Å². The monoisotopic (exact) mass is 363 g/mol. The van der Waals surface area contributed by atoms with E-state index in [0.29, 0.717) is 18.1 Å². The average molecular weight is 364 g/mol. The molecule has 2 aliphatic rings. The van der Waals surface area contributed by atoms with E-state index in [1.54, 1.807) is 6.07 Å². The zero-order chi connectivity index (χ0) is 15.7. The lowest BCUT2D eigenvalue weighted by atomic mass is 10.2. The van der Waals surface area contributed by atoms with Gasteiger partial charge in [0, 0.05) is 50.3 Å². The van der Waals surface area contributed by atoms with E-state index in [1.807, 2.05) is 0 Å². The first-order valence-corrected chi connectivity index (χ1v) is 9.58. The smallest absolute Gasteiger partial charge is 0.244 e. The van der Waals surface area contributed by atoms with Gasteiger partial charge in [0.25, 0.3) is 0 Å². The quantitative estimate of drug-likeness (QED) is 0.887. The number of hydrogen-bond acceptors (Lipinski definition) is 4. The first-order valence-electron chi connectivity index (χ1n) is 7.38. The van der Waals surface area contributed by atoms with E-state index in [4.69, 9.17) is 23.2 Å². The van der Waals surface area contributed by atoms with Crippen molar-refractivity contribution < 1.29 is 8.42 Å². The van der Waals surface area contributed by atoms with Gasteiger partial charge in [-0.25, -0.2) is 8.42 Å². The van der Waals surface area contributed by atoms with Gasteiger partial charge >= 0.3 is 0 Å². The third kappa shape index (κ3) is 3.27. The normalized spacial score (nSPS) is 24.7. The van der Waals surface area contributed by atoms with Crippen molar-refractivity contribution in [2.24, 2.45) is 0 Å². The van der Waals surface area contributed by atoms with Gasteiger partial charge in [-0.2, -0.15) is 4.31 Å². The number of benzene rings is 1. The molecule has 2 saturated heterocycles. The fourth-order valence-corrected chi connectivity index (χ4v) is 5.32. The van der Waals surface area contributed by atoms with Gasteiger partial charge in [-0.1, -0.05) is 23.2 Å². The lowest BCUT2D eigenvalue weighted by Crippen LogP contribution is -2.49. The molecule has 2 fully saturated rings. The summed E-state index contributed by atoms with van der Waals surface area (Å²) in [6.07, 6.45) is 0.859. The summed E-state index contributed by atoms with van der Waals surface area (Å²) in [5.41, 5.74) is 0. The van der Waals surface area contributed by atoms with E-state index in [9.17, 15) is 8.42 Å². The summed E-state index contributed by atoms with van der Waals surface area (Å²) in [7, 11) is -3.59. The number of halogens is 2. The standard InChI is InChI=1S/C14H19Cl2N3O2S/c15-11-1-2-13(16)14(9-11)22(20,21)19-6-3-12(10-19)18-7-4-17-5-8-18/h1-2,9,12,17H,3-8,10H2. The van der Waals surface area contributed by atoms with Gasteiger partial charge in [0.15, 0.2) is 0 Å².